The summed E-state index contributed by atoms with van der Waals surface area (Å²) in [5.41, 5.74) is 3.69. The lowest BCUT2D eigenvalue weighted by Gasteiger charge is -2.14. The smallest absolute Gasteiger partial charge is 0.235 e. The topological polar surface area (TPSA) is 63.2 Å². The minimum Gasteiger partial charge on any atom is -0.349 e. The van der Waals surface area contributed by atoms with E-state index in [9.17, 15) is 13.2 Å². The predicted octanol–water partition coefficient (Wildman–Crippen LogP) is 3.10. The molecular weight excluding hydrogens is 322 g/mol. The van der Waals surface area contributed by atoms with Crippen LogP contribution in [0.25, 0.3) is 0 Å². The van der Waals surface area contributed by atoms with Gasteiger partial charge in [-0.25, -0.2) is 8.42 Å². The summed E-state index contributed by atoms with van der Waals surface area (Å²) in [7, 11) is -3.51. The summed E-state index contributed by atoms with van der Waals surface area (Å²) < 4.78 is 24.6. The summed E-state index contributed by atoms with van der Waals surface area (Å²) in [6, 6.07) is 14.9. The Morgan fingerprint density at radius 1 is 1.04 bits per heavy atom. The van der Waals surface area contributed by atoms with E-state index in [2.05, 4.69) is 5.32 Å². The number of hydrogen-bond acceptors (Lipinski definition) is 3. The van der Waals surface area contributed by atoms with Crippen LogP contribution in [0.3, 0.4) is 0 Å². The number of carbonyl (C=O) groups is 1. The molecule has 1 amide bonds. The molecule has 0 aliphatic carbocycles. The van der Waals surface area contributed by atoms with Gasteiger partial charge >= 0.3 is 0 Å². The highest BCUT2D eigenvalue weighted by Crippen LogP contribution is 2.14. The Hall–Kier alpha value is -2.14. The molecule has 5 heteroatoms. The zero-order valence-corrected chi connectivity index (χ0v) is 15.1. The fraction of sp³-hybridized carbons (Fsp3) is 0.316. The van der Waals surface area contributed by atoms with E-state index in [1.165, 1.54) is 0 Å². The first-order valence-corrected chi connectivity index (χ1v) is 9.69. The molecule has 0 aliphatic rings. The molecule has 2 aromatic rings. The Morgan fingerprint density at radius 2 is 1.62 bits per heavy atom. The molecule has 0 bridgehead atoms. The third-order valence-electron chi connectivity index (χ3n) is 3.70. The molecule has 0 aromatic heterocycles. The van der Waals surface area contributed by atoms with E-state index < -0.39 is 21.5 Å². The van der Waals surface area contributed by atoms with E-state index in [-0.39, 0.29) is 11.8 Å². The quantitative estimate of drug-likeness (QED) is 0.875. The minimum atomic E-state index is -3.51. The van der Waals surface area contributed by atoms with Gasteiger partial charge in [-0.1, -0.05) is 59.7 Å². The average Bonchev–Trinajstić information content (AvgIpc) is 2.45. The third-order valence-corrected chi connectivity index (χ3v) is 5.17. The molecule has 0 saturated heterocycles. The molecule has 1 N–H and O–H groups in total. The van der Waals surface area contributed by atoms with Crippen molar-refractivity contribution in [1.82, 2.24) is 5.32 Å². The molecule has 128 valence electrons. The highest BCUT2D eigenvalue weighted by molar-refractivity contribution is 7.91. The van der Waals surface area contributed by atoms with Crippen LogP contribution in [0.5, 0.6) is 0 Å². The van der Waals surface area contributed by atoms with Crippen LogP contribution < -0.4 is 5.32 Å². The number of sulfone groups is 1. The molecule has 24 heavy (non-hydrogen) atoms. The molecule has 2 rings (SSSR count). The molecule has 0 aliphatic heterocycles. The van der Waals surface area contributed by atoms with Crippen molar-refractivity contribution in [2.45, 2.75) is 32.6 Å². The number of aryl methyl sites for hydroxylation is 2. The van der Waals surface area contributed by atoms with Crippen molar-refractivity contribution < 1.29 is 13.2 Å². The lowest BCUT2D eigenvalue weighted by molar-refractivity contribution is -0.119. The maximum absolute atomic E-state index is 12.3. The van der Waals surface area contributed by atoms with Crippen LogP contribution in [-0.2, 0) is 20.4 Å². The Labute approximate surface area is 143 Å². The molecule has 1 unspecified atom stereocenters. The fourth-order valence-corrected chi connectivity index (χ4v) is 4.02. The van der Waals surface area contributed by atoms with Crippen molar-refractivity contribution in [3.8, 4) is 0 Å². The van der Waals surface area contributed by atoms with Gasteiger partial charge in [0, 0.05) is 0 Å². The highest BCUT2D eigenvalue weighted by Gasteiger charge is 2.19. The maximum Gasteiger partial charge on any atom is 0.235 e. The van der Waals surface area contributed by atoms with Gasteiger partial charge in [-0.3, -0.25) is 4.79 Å². The van der Waals surface area contributed by atoms with E-state index in [1.807, 2.05) is 69.3 Å². The van der Waals surface area contributed by atoms with Crippen LogP contribution in [0, 0.1) is 13.8 Å². The zero-order chi connectivity index (χ0) is 17.7. The lowest BCUT2D eigenvalue weighted by atomic mass is 10.1. The van der Waals surface area contributed by atoms with Crippen LogP contribution in [-0.4, -0.2) is 20.1 Å². The summed E-state index contributed by atoms with van der Waals surface area (Å²) >= 11 is 0. The second-order valence-electron chi connectivity index (χ2n) is 6.23. The average molecular weight is 345 g/mol. The standard InChI is InChI=1S/C19H23NO3S/c1-14-9-15(2)11-17(10-14)12-24(22,23)13-19(21)20-16(3)18-7-5-4-6-8-18/h4-11,16H,12-13H2,1-3H3,(H,20,21). The molecule has 0 heterocycles. The number of nitrogens with one attached hydrogen (secondary N) is 1. The van der Waals surface area contributed by atoms with Crippen LogP contribution in [0.4, 0.5) is 0 Å². The Balaban J connectivity index is 1.99. The van der Waals surface area contributed by atoms with Crippen LogP contribution >= 0.6 is 0 Å². The third kappa shape index (κ3) is 5.49. The lowest BCUT2D eigenvalue weighted by Crippen LogP contribution is -2.32. The van der Waals surface area contributed by atoms with Crippen molar-refractivity contribution >= 4 is 15.7 Å². The second-order valence-corrected chi connectivity index (χ2v) is 8.29. The van der Waals surface area contributed by atoms with E-state index in [0.717, 1.165) is 22.3 Å². The Morgan fingerprint density at radius 3 is 2.21 bits per heavy atom. The molecule has 0 saturated carbocycles. The number of benzene rings is 2. The number of hydrogen-bond donors (Lipinski definition) is 1. The van der Waals surface area contributed by atoms with Gasteiger partial charge in [0.1, 0.15) is 5.75 Å². The summed E-state index contributed by atoms with van der Waals surface area (Å²) in [6.07, 6.45) is 0. The van der Waals surface area contributed by atoms with Gasteiger partial charge in [0.2, 0.25) is 5.91 Å². The largest absolute Gasteiger partial charge is 0.349 e. The van der Waals surface area contributed by atoms with Gasteiger partial charge in [0.25, 0.3) is 0 Å². The molecular formula is C19H23NO3S. The van der Waals surface area contributed by atoms with Crippen molar-refractivity contribution in [2.75, 3.05) is 5.75 Å². The summed E-state index contributed by atoms with van der Waals surface area (Å²) in [5.74, 6) is -1.10. The maximum atomic E-state index is 12.3. The minimum absolute atomic E-state index is 0.122. The number of amides is 1. The first-order valence-electron chi connectivity index (χ1n) is 7.87. The van der Waals surface area contributed by atoms with Gasteiger partial charge in [0.15, 0.2) is 9.84 Å². The van der Waals surface area contributed by atoms with E-state index in [0.29, 0.717) is 0 Å². The molecule has 1 atom stereocenters. The molecule has 2 aromatic carbocycles. The molecule has 0 radical (unpaired) electrons. The van der Waals surface area contributed by atoms with E-state index in [4.69, 9.17) is 0 Å². The zero-order valence-electron chi connectivity index (χ0n) is 14.2. The SMILES string of the molecule is Cc1cc(C)cc(CS(=O)(=O)CC(=O)NC(C)c2ccccc2)c1. The summed E-state index contributed by atoms with van der Waals surface area (Å²) in [4.78, 5) is 12.1. The van der Waals surface area contributed by atoms with Crippen LogP contribution in [0.1, 0.15) is 35.2 Å². The van der Waals surface area contributed by atoms with E-state index in [1.54, 1.807) is 0 Å². The predicted molar refractivity (Wildman–Crippen MR) is 96.4 cm³/mol. The van der Waals surface area contributed by atoms with Crippen molar-refractivity contribution in [1.29, 1.82) is 0 Å². The van der Waals surface area contributed by atoms with Gasteiger partial charge in [-0.2, -0.15) is 0 Å². The summed E-state index contributed by atoms with van der Waals surface area (Å²) in [5, 5.41) is 2.74. The highest BCUT2D eigenvalue weighted by atomic mass is 32.2. The molecule has 4 nitrogen and oxygen atoms in total. The number of carbonyl (C=O) groups excluding carboxylic acids is 1. The summed E-state index contributed by atoms with van der Waals surface area (Å²) in [6.45, 7) is 5.69. The van der Waals surface area contributed by atoms with Crippen LogP contribution in [0.15, 0.2) is 48.5 Å². The first-order chi connectivity index (χ1) is 11.2. The van der Waals surface area contributed by atoms with Gasteiger partial charge < -0.3 is 5.32 Å². The molecule has 0 spiro atoms. The second kappa shape index (κ2) is 7.62. The van der Waals surface area contributed by atoms with E-state index >= 15 is 0 Å². The first kappa shape index (κ1) is 18.2. The van der Waals surface area contributed by atoms with Gasteiger partial charge in [0.05, 0.1) is 11.8 Å². The normalized spacial score (nSPS) is 12.6. The monoisotopic (exact) mass is 345 g/mol. The van der Waals surface area contributed by atoms with Crippen LogP contribution in [0.2, 0.25) is 0 Å². The molecule has 0 fully saturated rings. The Kier molecular flexibility index (Phi) is 5.78. The van der Waals surface area contributed by atoms with Gasteiger partial charge in [-0.15, -0.1) is 0 Å². The van der Waals surface area contributed by atoms with Gasteiger partial charge in [-0.05, 0) is 31.9 Å². The van der Waals surface area contributed by atoms with Crippen molar-refractivity contribution in [3.63, 3.8) is 0 Å². The number of rotatable bonds is 6. The van der Waals surface area contributed by atoms with Crippen molar-refractivity contribution in [3.05, 3.63) is 70.8 Å². The Bertz CT molecular complexity index is 794. The van der Waals surface area contributed by atoms with Crippen molar-refractivity contribution in [2.24, 2.45) is 0 Å². The fourth-order valence-electron chi connectivity index (χ4n) is 2.77.